The number of allylic oxidation sites excluding steroid dienone is 2. The lowest BCUT2D eigenvalue weighted by Crippen LogP contribution is -2.24. The summed E-state index contributed by atoms with van der Waals surface area (Å²) in [6.45, 7) is 0. The largest absolute Gasteiger partial charge is 0.439 e. The highest BCUT2D eigenvalue weighted by molar-refractivity contribution is 6.14. The molecule has 0 fully saturated rings. The fourth-order valence-electron chi connectivity index (χ4n) is 3.66. The predicted molar refractivity (Wildman–Crippen MR) is 118 cm³/mol. The molecule has 7 heteroatoms. The van der Waals surface area contributed by atoms with Gasteiger partial charge in [0.1, 0.15) is 17.4 Å². The van der Waals surface area contributed by atoms with E-state index in [2.05, 4.69) is 6.07 Å². The molecule has 3 aromatic carbocycles. The average Bonchev–Trinajstić information content (AvgIpc) is 2.84. The highest BCUT2D eigenvalue weighted by Crippen LogP contribution is 2.43. The lowest BCUT2D eigenvalue weighted by molar-refractivity contribution is -0.384. The van der Waals surface area contributed by atoms with Crippen molar-refractivity contribution in [1.29, 1.82) is 5.26 Å². The topological polar surface area (TPSA) is 119 Å². The van der Waals surface area contributed by atoms with E-state index in [0.717, 1.165) is 0 Å². The number of carbonyl (C=O) groups excluding carboxylic acids is 1. The van der Waals surface area contributed by atoms with Crippen LogP contribution >= 0.6 is 0 Å². The van der Waals surface area contributed by atoms with Gasteiger partial charge in [0.05, 0.1) is 16.4 Å². The number of nitro benzene ring substituents is 1. The van der Waals surface area contributed by atoms with Gasteiger partial charge in [-0.25, -0.2) is 0 Å². The molecule has 4 rings (SSSR count). The molecular weight excluding hydrogens is 406 g/mol. The van der Waals surface area contributed by atoms with E-state index in [9.17, 15) is 20.2 Å². The van der Waals surface area contributed by atoms with E-state index in [1.165, 1.54) is 24.3 Å². The number of ketones is 1. The van der Waals surface area contributed by atoms with Gasteiger partial charge in [0.25, 0.3) is 5.69 Å². The summed E-state index contributed by atoms with van der Waals surface area (Å²) in [5.41, 5.74) is 7.88. The Bertz CT molecular complexity index is 1290. The number of Topliss-reactive ketones (excluding diaryl/α,β-unsaturated/α-hetero) is 1. The fraction of sp³-hybridized carbons (Fsp3) is 0.0400. The van der Waals surface area contributed by atoms with Crippen molar-refractivity contribution in [1.82, 2.24) is 0 Å². The van der Waals surface area contributed by atoms with E-state index in [1.807, 2.05) is 6.07 Å². The van der Waals surface area contributed by atoms with Crippen LogP contribution in [0.5, 0.6) is 0 Å². The smallest absolute Gasteiger partial charge is 0.269 e. The Kier molecular flexibility index (Phi) is 5.51. The van der Waals surface area contributed by atoms with Gasteiger partial charge in [0.2, 0.25) is 5.88 Å². The summed E-state index contributed by atoms with van der Waals surface area (Å²) in [6, 6.07) is 25.4. The maximum atomic E-state index is 13.7. The van der Waals surface area contributed by atoms with Gasteiger partial charge in [0.15, 0.2) is 5.78 Å². The molecule has 3 aromatic rings. The third-order valence-corrected chi connectivity index (χ3v) is 5.17. The van der Waals surface area contributed by atoms with Gasteiger partial charge in [0, 0.05) is 23.3 Å². The minimum atomic E-state index is -0.850. The maximum Gasteiger partial charge on any atom is 0.269 e. The van der Waals surface area contributed by atoms with Crippen LogP contribution in [0.2, 0.25) is 0 Å². The molecule has 0 radical (unpaired) electrons. The molecule has 0 saturated carbocycles. The standard InChI is InChI=1S/C25H17N3O4/c26-15-20-21(16-11-13-19(14-12-16)28(30)31)22(23(29)17-7-3-1-4-8-17)24(32-25(20)27)18-9-5-2-6-10-18/h1-14,21H,27H2. The zero-order valence-electron chi connectivity index (χ0n) is 16.8. The Morgan fingerprint density at radius 1 is 0.969 bits per heavy atom. The molecule has 1 unspecified atom stereocenters. The second-order valence-corrected chi connectivity index (χ2v) is 7.08. The number of nitriles is 1. The van der Waals surface area contributed by atoms with E-state index in [1.54, 1.807) is 54.6 Å². The molecule has 1 aliphatic heterocycles. The number of carbonyl (C=O) groups is 1. The van der Waals surface area contributed by atoms with Gasteiger partial charge in [-0.2, -0.15) is 5.26 Å². The molecule has 0 saturated heterocycles. The molecule has 32 heavy (non-hydrogen) atoms. The van der Waals surface area contributed by atoms with Crippen LogP contribution in [-0.4, -0.2) is 10.7 Å². The summed E-state index contributed by atoms with van der Waals surface area (Å²) in [7, 11) is 0. The summed E-state index contributed by atoms with van der Waals surface area (Å²) in [5.74, 6) is -1.04. The molecule has 0 spiro atoms. The van der Waals surface area contributed by atoms with Crippen LogP contribution in [0, 0.1) is 21.4 Å². The van der Waals surface area contributed by atoms with E-state index in [-0.39, 0.29) is 34.3 Å². The highest BCUT2D eigenvalue weighted by Gasteiger charge is 2.37. The van der Waals surface area contributed by atoms with Crippen LogP contribution in [0.3, 0.4) is 0 Å². The molecular formula is C25H17N3O4. The molecule has 156 valence electrons. The Balaban J connectivity index is 1.98. The molecule has 0 bridgehead atoms. The summed E-state index contributed by atoms with van der Waals surface area (Å²) in [4.78, 5) is 24.3. The number of nitro groups is 1. The van der Waals surface area contributed by atoms with Gasteiger partial charge in [-0.3, -0.25) is 14.9 Å². The summed E-state index contributed by atoms with van der Waals surface area (Å²) < 4.78 is 5.83. The first-order valence-electron chi connectivity index (χ1n) is 9.72. The SMILES string of the molecule is N#CC1=C(N)OC(c2ccccc2)=C(C(=O)c2ccccc2)C1c1ccc([N+](=O)[O-])cc1. The van der Waals surface area contributed by atoms with Crippen molar-refractivity contribution in [3.8, 4) is 6.07 Å². The van der Waals surface area contributed by atoms with E-state index in [4.69, 9.17) is 10.5 Å². The van der Waals surface area contributed by atoms with Crippen molar-refractivity contribution in [2.75, 3.05) is 0 Å². The molecule has 7 nitrogen and oxygen atoms in total. The number of hydrogen-bond donors (Lipinski definition) is 1. The van der Waals surface area contributed by atoms with E-state index >= 15 is 0 Å². The Labute approximate surface area is 183 Å². The summed E-state index contributed by atoms with van der Waals surface area (Å²) in [6.07, 6.45) is 0. The van der Waals surface area contributed by atoms with E-state index < -0.39 is 10.8 Å². The first-order chi connectivity index (χ1) is 15.5. The van der Waals surface area contributed by atoms with Crippen LogP contribution < -0.4 is 5.73 Å². The third-order valence-electron chi connectivity index (χ3n) is 5.17. The van der Waals surface area contributed by atoms with Gasteiger partial charge < -0.3 is 10.5 Å². The first-order valence-corrected chi connectivity index (χ1v) is 9.72. The predicted octanol–water partition coefficient (Wildman–Crippen LogP) is 4.70. The third kappa shape index (κ3) is 3.73. The van der Waals surface area contributed by atoms with Crippen molar-refractivity contribution < 1.29 is 14.5 Å². The van der Waals surface area contributed by atoms with Gasteiger partial charge in [-0.05, 0) is 5.56 Å². The fourth-order valence-corrected chi connectivity index (χ4v) is 3.66. The van der Waals surface area contributed by atoms with Crippen LogP contribution in [0.25, 0.3) is 5.76 Å². The van der Waals surface area contributed by atoms with Crippen molar-refractivity contribution in [3.63, 3.8) is 0 Å². The average molecular weight is 423 g/mol. The van der Waals surface area contributed by atoms with Crippen LogP contribution in [0.1, 0.15) is 27.4 Å². The first kappa shape index (κ1) is 20.6. The quantitative estimate of drug-likeness (QED) is 0.361. The number of nitrogens with zero attached hydrogens (tertiary/aromatic N) is 2. The zero-order valence-corrected chi connectivity index (χ0v) is 16.8. The Morgan fingerprint density at radius 3 is 2.12 bits per heavy atom. The van der Waals surface area contributed by atoms with Crippen molar-refractivity contribution in [3.05, 3.63) is 129 Å². The van der Waals surface area contributed by atoms with Crippen LogP contribution in [0.4, 0.5) is 5.69 Å². The number of nitrogens with two attached hydrogens (primary N) is 1. The van der Waals surface area contributed by atoms with Crippen molar-refractivity contribution >= 4 is 17.2 Å². The van der Waals surface area contributed by atoms with Gasteiger partial charge in [-0.15, -0.1) is 0 Å². The van der Waals surface area contributed by atoms with Crippen molar-refractivity contribution in [2.24, 2.45) is 5.73 Å². The number of ether oxygens (including phenoxy) is 1. The molecule has 2 N–H and O–H groups in total. The Morgan fingerprint density at radius 2 is 1.56 bits per heavy atom. The lowest BCUT2D eigenvalue weighted by atomic mass is 9.79. The zero-order chi connectivity index (χ0) is 22.7. The second kappa shape index (κ2) is 8.58. The minimum absolute atomic E-state index is 0.0674. The van der Waals surface area contributed by atoms with Gasteiger partial charge in [-0.1, -0.05) is 72.8 Å². The minimum Gasteiger partial charge on any atom is -0.439 e. The summed E-state index contributed by atoms with van der Waals surface area (Å²) >= 11 is 0. The molecule has 1 heterocycles. The summed E-state index contributed by atoms with van der Waals surface area (Å²) in [5, 5.41) is 20.9. The number of rotatable bonds is 5. The van der Waals surface area contributed by atoms with E-state index in [0.29, 0.717) is 16.7 Å². The molecule has 0 amide bonds. The van der Waals surface area contributed by atoms with Crippen LogP contribution in [-0.2, 0) is 4.74 Å². The Hall–Kier alpha value is -4.70. The highest BCUT2D eigenvalue weighted by atomic mass is 16.6. The lowest BCUT2D eigenvalue weighted by Gasteiger charge is -2.28. The maximum absolute atomic E-state index is 13.7. The van der Waals surface area contributed by atoms with Crippen molar-refractivity contribution in [2.45, 2.75) is 5.92 Å². The molecule has 0 aliphatic carbocycles. The second-order valence-electron chi connectivity index (χ2n) is 7.08. The monoisotopic (exact) mass is 423 g/mol. The molecule has 1 atom stereocenters. The van der Waals surface area contributed by atoms with Gasteiger partial charge >= 0.3 is 0 Å². The normalized spacial score (nSPS) is 15.7. The molecule has 0 aromatic heterocycles. The number of non-ortho nitro benzene ring substituents is 1. The molecule has 1 aliphatic rings. The number of benzene rings is 3. The number of hydrogen-bond acceptors (Lipinski definition) is 6. The van der Waals surface area contributed by atoms with Crippen LogP contribution in [0.15, 0.2) is 102 Å².